The third-order valence-electron chi connectivity index (χ3n) is 3.28. The maximum absolute atomic E-state index is 12.5. The Morgan fingerprint density at radius 3 is 2.26 bits per heavy atom. The van der Waals surface area contributed by atoms with Crippen LogP contribution in [0.2, 0.25) is 5.02 Å². The van der Waals surface area contributed by atoms with Crippen LogP contribution >= 0.6 is 27.5 Å². The van der Waals surface area contributed by atoms with Crippen molar-refractivity contribution < 1.29 is 17.9 Å². The van der Waals surface area contributed by atoms with Crippen molar-refractivity contribution in [3.05, 3.63) is 27.7 Å². The minimum absolute atomic E-state index is 0.135. The second-order valence-corrected chi connectivity index (χ2v) is 6.09. The summed E-state index contributed by atoms with van der Waals surface area (Å²) in [6.45, 7) is 0. The number of alkyl halides is 3. The Morgan fingerprint density at radius 1 is 1.11 bits per heavy atom. The molecular weight excluding hydrogens is 344 g/mol. The lowest BCUT2D eigenvalue weighted by Crippen LogP contribution is -2.31. The molecule has 0 aliphatic heterocycles. The molecule has 0 saturated heterocycles. The largest absolute Gasteiger partial charge is 0.490 e. The number of ether oxygens (including phenoxy) is 1. The average Bonchev–Trinajstić information content (AvgIpc) is 2.26. The van der Waals surface area contributed by atoms with Gasteiger partial charge in [-0.05, 0) is 43.9 Å². The maximum Gasteiger partial charge on any atom is 0.391 e. The van der Waals surface area contributed by atoms with Gasteiger partial charge in [0.25, 0.3) is 0 Å². The number of rotatable bonds is 2. The first-order valence-corrected chi connectivity index (χ1v) is 7.21. The van der Waals surface area contributed by atoms with E-state index in [1.807, 2.05) is 0 Å². The summed E-state index contributed by atoms with van der Waals surface area (Å²) in [5.41, 5.74) is 0. The smallest absolute Gasteiger partial charge is 0.391 e. The van der Waals surface area contributed by atoms with Crippen LogP contribution in [0.5, 0.6) is 5.75 Å². The normalized spacial score (nSPS) is 24.3. The Hall–Kier alpha value is -0.420. The van der Waals surface area contributed by atoms with Crippen molar-refractivity contribution >= 4 is 27.5 Å². The van der Waals surface area contributed by atoms with Gasteiger partial charge < -0.3 is 4.74 Å². The Balaban J connectivity index is 1.92. The van der Waals surface area contributed by atoms with Crippen LogP contribution in [0.1, 0.15) is 25.7 Å². The molecule has 1 nitrogen and oxygen atoms in total. The Labute approximate surface area is 123 Å². The standard InChI is InChI=1S/C13H13BrClF3O/c14-9-5-10(15)7-12(6-9)19-11-3-1-8(2-4-11)13(16,17)18/h5-8,11H,1-4H2. The molecule has 0 unspecified atom stereocenters. The van der Waals surface area contributed by atoms with Crippen LogP contribution in [-0.4, -0.2) is 12.3 Å². The highest BCUT2D eigenvalue weighted by atomic mass is 79.9. The molecule has 0 atom stereocenters. The third-order valence-corrected chi connectivity index (χ3v) is 3.95. The number of benzene rings is 1. The van der Waals surface area contributed by atoms with E-state index in [4.69, 9.17) is 16.3 Å². The van der Waals surface area contributed by atoms with E-state index in [0.29, 0.717) is 23.6 Å². The van der Waals surface area contributed by atoms with Gasteiger partial charge in [-0.3, -0.25) is 0 Å². The van der Waals surface area contributed by atoms with Gasteiger partial charge in [0, 0.05) is 9.50 Å². The zero-order valence-corrected chi connectivity index (χ0v) is 12.4. The molecule has 1 aliphatic carbocycles. The molecule has 0 bridgehead atoms. The molecule has 0 spiro atoms. The topological polar surface area (TPSA) is 9.23 Å². The van der Waals surface area contributed by atoms with Gasteiger partial charge in [0.05, 0.1) is 12.0 Å². The van der Waals surface area contributed by atoms with E-state index >= 15 is 0 Å². The fraction of sp³-hybridized carbons (Fsp3) is 0.538. The third kappa shape index (κ3) is 4.28. The van der Waals surface area contributed by atoms with Gasteiger partial charge in [0.1, 0.15) is 5.75 Å². The molecule has 0 N–H and O–H groups in total. The van der Waals surface area contributed by atoms with E-state index in [2.05, 4.69) is 15.9 Å². The molecule has 1 aromatic rings. The quantitative estimate of drug-likeness (QED) is 0.669. The van der Waals surface area contributed by atoms with E-state index in [0.717, 1.165) is 4.47 Å². The van der Waals surface area contributed by atoms with Crippen molar-refractivity contribution in [1.29, 1.82) is 0 Å². The number of hydrogen-bond donors (Lipinski definition) is 0. The van der Waals surface area contributed by atoms with E-state index < -0.39 is 12.1 Å². The average molecular weight is 358 g/mol. The first kappa shape index (κ1) is 15.0. The molecule has 0 heterocycles. The first-order valence-electron chi connectivity index (χ1n) is 6.04. The van der Waals surface area contributed by atoms with Crippen LogP contribution < -0.4 is 4.74 Å². The van der Waals surface area contributed by atoms with E-state index in [1.165, 1.54) is 0 Å². The fourth-order valence-corrected chi connectivity index (χ4v) is 3.13. The van der Waals surface area contributed by atoms with Crippen LogP contribution in [0.15, 0.2) is 22.7 Å². The zero-order chi connectivity index (χ0) is 14.0. The van der Waals surface area contributed by atoms with Gasteiger partial charge in [0.15, 0.2) is 0 Å². The second-order valence-electron chi connectivity index (χ2n) is 4.74. The van der Waals surface area contributed by atoms with Gasteiger partial charge in [-0.15, -0.1) is 0 Å². The molecule has 1 aliphatic rings. The van der Waals surface area contributed by atoms with Crippen molar-refractivity contribution in [1.82, 2.24) is 0 Å². The van der Waals surface area contributed by atoms with E-state index in [9.17, 15) is 13.2 Å². The summed E-state index contributed by atoms with van der Waals surface area (Å²) < 4.78 is 44.1. The summed E-state index contributed by atoms with van der Waals surface area (Å²) in [7, 11) is 0. The number of halogens is 5. The molecule has 0 amide bonds. The van der Waals surface area contributed by atoms with Crippen LogP contribution in [0, 0.1) is 5.92 Å². The predicted octanol–water partition coefficient (Wildman–Crippen LogP) is 5.60. The lowest BCUT2D eigenvalue weighted by molar-refractivity contribution is -0.185. The summed E-state index contributed by atoms with van der Waals surface area (Å²) in [5.74, 6) is -0.590. The second kappa shape index (κ2) is 5.92. The van der Waals surface area contributed by atoms with Gasteiger partial charge in [-0.2, -0.15) is 13.2 Å². The molecule has 19 heavy (non-hydrogen) atoms. The van der Waals surface area contributed by atoms with Crippen molar-refractivity contribution in [2.75, 3.05) is 0 Å². The zero-order valence-electron chi connectivity index (χ0n) is 10.0. The van der Waals surface area contributed by atoms with Crippen molar-refractivity contribution in [2.45, 2.75) is 38.0 Å². The van der Waals surface area contributed by atoms with E-state index in [-0.39, 0.29) is 18.9 Å². The van der Waals surface area contributed by atoms with Crippen molar-refractivity contribution in [3.8, 4) is 5.75 Å². The molecule has 106 valence electrons. The maximum atomic E-state index is 12.5. The summed E-state index contributed by atoms with van der Waals surface area (Å²) in [5, 5.41) is 0.536. The minimum atomic E-state index is -4.08. The Kier molecular flexibility index (Phi) is 4.66. The van der Waals surface area contributed by atoms with Crippen LogP contribution in [0.25, 0.3) is 0 Å². The summed E-state index contributed by atoms with van der Waals surface area (Å²) in [6.07, 6.45) is -3.12. The summed E-state index contributed by atoms with van der Waals surface area (Å²) >= 11 is 9.19. The van der Waals surface area contributed by atoms with Gasteiger partial charge in [-0.1, -0.05) is 27.5 Å². The summed E-state index contributed by atoms with van der Waals surface area (Å²) in [6, 6.07) is 5.17. The summed E-state index contributed by atoms with van der Waals surface area (Å²) in [4.78, 5) is 0. The highest BCUT2D eigenvalue weighted by Gasteiger charge is 2.41. The Bertz CT molecular complexity index is 422. The van der Waals surface area contributed by atoms with Crippen molar-refractivity contribution in [3.63, 3.8) is 0 Å². The first-order chi connectivity index (χ1) is 8.84. The highest BCUT2D eigenvalue weighted by molar-refractivity contribution is 9.10. The van der Waals surface area contributed by atoms with E-state index in [1.54, 1.807) is 18.2 Å². The SMILES string of the molecule is FC(F)(F)C1CCC(Oc2cc(Cl)cc(Br)c2)CC1. The molecule has 0 radical (unpaired) electrons. The fourth-order valence-electron chi connectivity index (χ4n) is 2.30. The molecule has 6 heteroatoms. The molecule has 2 rings (SSSR count). The molecule has 1 aromatic carbocycles. The number of hydrogen-bond acceptors (Lipinski definition) is 1. The van der Waals surface area contributed by atoms with Gasteiger partial charge in [-0.25, -0.2) is 0 Å². The van der Waals surface area contributed by atoms with Crippen LogP contribution in [-0.2, 0) is 0 Å². The lowest BCUT2D eigenvalue weighted by Gasteiger charge is -2.30. The van der Waals surface area contributed by atoms with Crippen LogP contribution in [0.3, 0.4) is 0 Å². The molecular formula is C13H13BrClF3O. The van der Waals surface area contributed by atoms with Gasteiger partial charge >= 0.3 is 6.18 Å². The molecule has 1 saturated carbocycles. The highest BCUT2D eigenvalue weighted by Crippen LogP contribution is 2.38. The van der Waals surface area contributed by atoms with Gasteiger partial charge in [0.2, 0.25) is 0 Å². The lowest BCUT2D eigenvalue weighted by atomic mass is 9.87. The minimum Gasteiger partial charge on any atom is -0.490 e. The molecule has 1 fully saturated rings. The van der Waals surface area contributed by atoms with Crippen molar-refractivity contribution in [2.24, 2.45) is 5.92 Å². The molecule has 0 aromatic heterocycles. The monoisotopic (exact) mass is 356 g/mol. The van der Waals surface area contributed by atoms with Crippen LogP contribution in [0.4, 0.5) is 13.2 Å². The predicted molar refractivity (Wildman–Crippen MR) is 71.6 cm³/mol. The Morgan fingerprint density at radius 2 is 1.74 bits per heavy atom.